The third kappa shape index (κ3) is 5.38. The average molecular weight is 411 g/mol. The summed E-state index contributed by atoms with van der Waals surface area (Å²) in [4.78, 5) is 36.0. The van der Waals surface area contributed by atoms with Gasteiger partial charge in [-0.1, -0.05) is 18.2 Å². The highest BCUT2D eigenvalue weighted by Crippen LogP contribution is 2.23. The number of benzene rings is 2. The molecule has 0 saturated carbocycles. The van der Waals surface area contributed by atoms with Crippen molar-refractivity contribution in [2.24, 2.45) is 0 Å². The summed E-state index contributed by atoms with van der Waals surface area (Å²) in [7, 11) is 1.51. The van der Waals surface area contributed by atoms with Crippen molar-refractivity contribution in [2.45, 2.75) is 19.6 Å². The molecule has 156 valence electrons. The summed E-state index contributed by atoms with van der Waals surface area (Å²) >= 11 is 0. The molecule has 0 fully saturated rings. The second-order valence-electron chi connectivity index (χ2n) is 6.45. The number of fused-ring (bicyclic) bond motifs is 1. The van der Waals surface area contributed by atoms with Crippen LogP contribution in [0.5, 0.6) is 11.5 Å². The monoisotopic (exact) mass is 411 g/mol. The number of hydrogen-bond acceptors (Lipinski definition) is 7. The van der Waals surface area contributed by atoms with Crippen LogP contribution < -0.4 is 20.4 Å². The van der Waals surface area contributed by atoms with Gasteiger partial charge in [0.15, 0.2) is 6.61 Å². The first-order valence-corrected chi connectivity index (χ1v) is 9.21. The van der Waals surface area contributed by atoms with Gasteiger partial charge in [0.05, 0.1) is 7.11 Å². The van der Waals surface area contributed by atoms with Crippen LogP contribution in [0.15, 0.2) is 63.8 Å². The number of nitrogens with one attached hydrogen (secondary N) is 1. The zero-order valence-electron chi connectivity index (χ0n) is 16.5. The van der Waals surface area contributed by atoms with Crippen LogP contribution in [0.3, 0.4) is 0 Å². The maximum absolute atomic E-state index is 12.2. The van der Waals surface area contributed by atoms with E-state index < -0.39 is 23.5 Å². The summed E-state index contributed by atoms with van der Waals surface area (Å²) < 4.78 is 20.9. The van der Waals surface area contributed by atoms with Crippen LogP contribution in [0.2, 0.25) is 0 Å². The fourth-order valence-electron chi connectivity index (χ4n) is 2.74. The first-order valence-electron chi connectivity index (χ1n) is 9.21. The van der Waals surface area contributed by atoms with E-state index >= 15 is 0 Å². The van der Waals surface area contributed by atoms with Gasteiger partial charge in [-0.15, -0.1) is 0 Å². The van der Waals surface area contributed by atoms with E-state index in [9.17, 15) is 14.4 Å². The minimum atomic E-state index is -0.886. The molecule has 2 aromatic carbocycles. The van der Waals surface area contributed by atoms with Crippen molar-refractivity contribution in [2.75, 3.05) is 13.7 Å². The Morgan fingerprint density at radius 3 is 2.57 bits per heavy atom. The molecular weight excluding hydrogens is 390 g/mol. The predicted octanol–water partition coefficient (Wildman–Crippen LogP) is 2.43. The molecular formula is C22H21NO7. The summed E-state index contributed by atoms with van der Waals surface area (Å²) in [5.74, 6) is -0.0117. The van der Waals surface area contributed by atoms with Crippen LogP contribution in [0.4, 0.5) is 0 Å². The fourth-order valence-corrected chi connectivity index (χ4v) is 2.74. The van der Waals surface area contributed by atoms with Crippen LogP contribution in [0.1, 0.15) is 12.5 Å². The molecule has 8 nitrogen and oxygen atoms in total. The number of amides is 1. The fraction of sp³-hybridized carbons (Fsp3) is 0.227. The molecule has 0 aliphatic carbocycles. The summed E-state index contributed by atoms with van der Waals surface area (Å²) in [6.45, 7) is 1.13. The van der Waals surface area contributed by atoms with Crippen molar-refractivity contribution in [3.8, 4) is 11.5 Å². The van der Waals surface area contributed by atoms with E-state index in [1.54, 1.807) is 42.5 Å². The quantitative estimate of drug-likeness (QED) is 0.448. The molecule has 3 aromatic rings. The van der Waals surface area contributed by atoms with Crippen LogP contribution in [-0.4, -0.2) is 31.6 Å². The number of para-hydroxylation sites is 1. The lowest BCUT2D eigenvalue weighted by atomic mass is 10.1. The predicted molar refractivity (Wildman–Crippen MR) is 108 cm³/mol. The second-order valence-corrected chi connectivity index (χ2v) is 6.45. The van der Waals surface area contributed by atoms with E-state index in [2.05, 4.69) is 5.32 Å². The molecule has 0 bridgehead atoms. The van der Waals surface area contributed by atoms with E-state index in [-0.39, 0.29) is 13.2 Å². The number of rotatable bonds is 8. The molecule has 1 aromatic heterocycles. The van der Waals surface area contributed by atoms with E-state index in [1.165, 1.54) is 20.1 Å². The van der Waals surface area contributed by atoms with Gasteiger partial charge in [-0.25, -0.2) is 9.59 Å². The number of esters is 1. The lowest BCUT2D eigenvalue weighted by molar-refractivity contribution is -0.148. The van der Waals surface area contributed by atoms with Crippen LogP contribution in [-0.2, 0) is 20.9 Å². The highest BCUT2D eigenvalue weighted by molar-refractivity contribution is 5.85. The van der Waals surface area contributed by atoms with E-state index in [1.807, 2.05) is 6.07 Å². The Balaban J connectivity index is 1.57. The number of methoxy groups -OCH3 is 1. The topological polar surface area (TPSA) is 104 Å². The van der Waals surface area contributed by atoms with Crippen molar-refractivity contribution >= 4 is 22.8 Å². The van der Waals surface area contributed by atoms with Crippen molar-refractivity contribution in [1.82, 2.24) is 5.32 Å². The molecule has 0 radical (unpaired) electrons. The zero-order valence-corrected chi connectivity index (χ0v) is 16.5. The summed E-state index contributed by atoms with van der Waals surface area (Å²) in [5, 5.41) is 3.14. The van der Waals surface area contributed by atoms with Gasteiger partial charge in [-0.3, -0.25) is 4.79 Å². The molecule has 30 heavy (non-hydrogen) atoms. The molecule has 1 amide bonds. The lowest BCUT2D eigenvalue weighted by Gasteiger charge is -2.14. The smallest absolute Gasteiger partial charge is 0.336 e. The molecule has 1 atom stereocenters. The standard InChI is InChI=1S/C22H21NO7/c1-14(23-20(24)13-28-16-6-4-3-5-7-16)22(26)29-12-15-10-21(25)30-19-11-17(27-2)8-9-18(15)19/h3-11,14H,12-13H2,1-2H3,(H,23,24)/t14-/m0/s1. The number of ether oxygens (including phenoxy) is 3. The van der Waals surface area contributed by atoms with Gasteiger partial charge in [0, 0.05) is 23.1 Å². The third-order valence-electron chi connectivity index (χ3n) is 4.25. The Hall–Kier alpha value is -3.81. The average Bonchev–Trinajstić information content (AvgIpc) is 2.75. The molecule has 0 aliphatic heterocycles. The molecule has 0 saturated heterocycles. The number of hydrogen-bond donors (Lipinski definition) is 1. The summed E-state index contributed by atoms with van der Waals surface area (Å²) in [6, 6.07) is 14.2. The highest BCUT2D eigenvalue weighted by atomic mass is 16.5. The van der Waals surface area contributed by atoms with Crippen LogP contribution in [0.25, 0.3) is 11.0 Å². The third-order valence-corrected chi connectivity index (χ3v) is 4.25. The first-order chi connectivity index (χ1) is 14.5. The Labute approximate surface area is 172 Å². The Morgan fingerprint density at radius 2 is 1.83 bits per heavy atom. The summed E-state index contributed by atoms with van der Waals surface area (Å²) in [6.07, 6.45) is 0. The highest BCUT2D eigenvalue weighted by Gasteiger charge is 2.18. The maximum atomic E-state index is 12.2. The van der Waals surface area contributed by atoms with Crippen LogP contribution >= 0.6 is 0 Å². The first kappa shape index (κ1) is 20.9. The maximum Gasteiger partial charge on any atom is 0.336 e. The van der Waals surface area contributed by atoms with Gasteiger partial charge in [-0.2, -0.15) is 0 Å². The minimum absolute atomic E-state index is 0.145. The largest absolute Gasteiger partial charge is 0.497 e. The molecule has 0 aliphatic rings. The Bertz CT molecular complexity index is 1090. The van der Waals surface area contributed by atoms with Gasteiger partial charge < -0.3 is 23.9 Å². The van der Waals surface area contributed by atoms with Gasteiger partial charge in [-0.05, 0) is 31.2 Å². The molecule has 0 unspecified atom stereocenters. The van der Waals surface area contributed by atoms with Crippen molar-refractivity contribution in [1.29, 1.82) is 0 Å². The lowest BCUT2D eigenvalue weighted by Crippen LogP contribution is -2.41. The number of carbonyl (C=O) groups excluding carboxylic acids is 2. The van der Waals surface area contributed by atoms with E-state index in [0.29, 0.717) is 28.0 Å². The van der Waals surface area contributed by atoms with E-state index in [0.717, 1.165) is 0 Å². The normalized spacial score (nSPS) is 11.5. The molecule has 0 spiro atoms. The molecule has 1 heterocycles. The molecule has 3 rings (SSSR count). The van der Waals surface area contributed by atoms with Crippen molar-refractivity contribution < 1.29 is 28.2 Å². The Kier molecular flexibility index (Phi) is 6.69. The van der Waals surface area contributed by atoms with Gasteiger partial charge >= 0.3 is 11.6 Å². The molecule has 1 N–H and O–H groups in total. The second kappa shape index (κ2) is 9.60. The number of carbonyl (C=O) groups is 2. The van der Waals surface area contributed by atoms with Gasteiger partial charge in [0.2, 0.25) is 0 Å². The van der Waals surface area contributed by atoms with Crippen LogP contribution in [0, 0.1) is 0 Å². The van der Waals surface area contributed by atoms with Gasteiger partial charge in [0.1, 0.15) is 29.7 Å². The minimum Gasteiger partial charge on any atom is -0.497 e. The SMILES string of the molecule is COc1ccc2c(COC(=O)[C@H](C)NC(=O)COc3ccccc3)cc(=O)oc2c1. The van der Waals surface area contributed by atoms with Crippen molar-refractivity contribution in [3.63, 3.8) is 0 Å². The summed E-state index contributed by atoms with van der Waals surface area (Å²) in [5.41, 5.74) is 0.247. The molecule has 8 heteroatoms. The van der Waals surface area contributed by atoms with E-state index in [4.69, 9.17) is 18.6 Å². The Morgan fingerprint density at radius 1 is 1.07 bits per heavy atom. The zero-order chi connectivity index (χ0) is 21.5. The van der Waals surface area contributed by atoms with Gasteiger partial charge in [0.25, 0.3) is 5.91 Å². The van der Waals surface area contributed by atoms with Crippen molar-refractivity contribution in [3.05, 3.63) is 70.6 Å².